The molecule has 2 rings (SSSR count). The van der Waals surface area contributed by atoms with E-state index in [1.54, 1.807) is 31.2 Å². The molecule has 0 saturated heterocycles. The van der Waals surface area contributed by atoms with E-state index in [0.29, 0.717) is 17.2 Å². The minimum absolute atomic E-state index is 0. The quantitative estimate of drug-likeness (QED) is 0.548. The zero-order chi connectivity index (χ0) is 20.2. The number of sulfonamides is 1. The van der Waals surface area contributed by atoms with E-state index < -0.39 is 21.6 Å². The van der Waals surface area contributed by atoms with Crippen molar-refractivity contribution < 1.29 is 52.6 Å². The van der Waals surface area contributed by atoms with Crippen LogP contribution in [0.15, 0.2) is 53.4 Å². The molecule has 1 atom stereocenters. The Hall–Kier alpha value is -1.09. The van der Waals surface area contributed by atoms with Crippen LogP contribution in [0, 0.1) is 0 Å². The van der Waals surface area contributed by atoms with Gasteiger partial charge < -0.3 is 14.6 Å². The maximum atomic E-state index is 12.4. The van der Waals surface area contributed by atoms with Gasteiger partial charge in [0, 0.05) is 11.1 Å². The summed E-state index contributed by atoms with van der Waals surface area (Å²) in [6.07, 6.45) is 0.455. The third-order valence-corrected chi connectivity index (χ3v) is 5.67. The Bertz CT molecular complexity index is 899. The van der Waals surface area contributed by atoms with Gasteiger partial charge >= 0.3 is 29.6 Å². The number of carbonyl (C=O) groups excluding carboxylic acids is 1. The summed E-state index contributed by atoms with van der Waals surface area (Å²) in [5, 5.41) is 11.5. The van der Waals surface area contributed by atoms with Gasteiger partial charge in [0.2, 0.25) is 10.0 Å². The molecule has 0 aliphatic carbocycles. The minimum Gasteiger partial charge on any atom is -0.546 e. The first kappa shape index (κ1) is 24.9. The van der Waals surface area contributed by atoms with Crippen molar-refractivity contribution in [2.75, 3.05) is 0 Å². The number of aliphatic carboxylic acids is 1. The van der Waals surface area contributed by atoms with E-state index in [0.717, 1.165) is 5.56 Å². The molecule has 28 heavy (non-hydrogen) atoms. The first-order valence-corrected chi connectivity index (χ1v) is 10.1. The number of ether oxygens (including phenoxy) is 1. The maximum Gasteiger partial charge on any atom is 1.00 e. The Labute approximate surface area is 192 Å². The second-order valence-electron chi connectivity index (χ2n) is 6.72. The van der Waals surface area contributed by atoms with Gasteiger partial charge in [-0.15, -0.1) is 0 Å². The predicted molar refractivity (Wildman–Crippen MR) is 101 cm³/mol. The molecule has 0 aliphatic heterocycles. The van der Waals surface area contributed by atoms with Crippen LogP contribution in [0.1, 0.15) is 26.3 Å². The zero-order valence-electron chi connectivity index (χ0n) is 16.2. The maximum absolute atomic E-state index is 12.4. The van der Waals surface area contributed by atoms with Gasteiger partial charge in [0.05, 0.1) is 10.9 Å². The van der Waals surface area contributed by atoms with E-state index in [1.165, 1.54) is 38.1 Å². The molecule has 0 spiro atoms. The van der Waals surface area contributed by atoms with Crippen LogP contribution >= 0.6 is 11.6 Å². The van der Waals surface area contributed by atoms with E-state index in [2.05, 4.69) is 4.72 Å². The minimum atomic E-state index is -3.64. The van der Waals surface area contributed by atoms with Gasteiger partial charge in [-0.25, -0.2) is 13.1 Å². The molecule has 0 aliphatic rings. The molecule has 1 N–H and O–H groups in total. The van der Waals surface area contributed by atoms with Crippen molar-refractivity contribution in [1.29, 1.82) is 0 Å². The van der Waals surface area contributed by atoms with Crippen molar-refractivity contribution >= 4 is 27.6 Å². The van der Waals surface area contributed by atoms with Crippen molar-refractivity contribution in [3.8, 4) is 5.75 Å². The molecule has 0 saturated carbocycles. The number of carboxylic acids is 1. The summed E-state index contributed by atoms with van der Waals surface area (Å²) >= 11 is 5.78. The number of nitrogens with one attached hydrogen (secondary N) is 1. The van der Waals surface area contributed by atoms with Crippen LogP contribution in [-0.4, -0.2) is 26.0 Å². The van der Waals surface area contributed by atoms with Gasteiger partial charge in [-0.3, -0.25) is 0 Å². The summed E-state index contributed by atoms with van der Waals surface area (Å²) < 4.78 is 32.8. The molecule has 0 heterocycles. The van der Waals surface area contributed by atoms with Gasteiger partial charge in [-0.1, -0.05) is 23.7 Å². The predicted octanol–water partition coefficient (Wildman–Crippen LogP) is -0.839. The normalized spacial score (nSPS) is 12.7. The number of halogens is 1. The molecule has 2 aromatic carbocycles. The Balaban J connectivity index is 0.00000392. The Morgan fingerprint density at radius 1 is 1.14 bits per heavy atom. The number of carboxylic acid groups (broad SMARTS) is 1. The standard InChI is InChI=1S/C19H22ClNO5S.Na/c1-13(21-27(24,25)17-10-6-15(20)7-11-17)12-14-4-8-16(9-5-14)26-19(2,3)18(22)23;/h4-11,13,21H,12H2,1-3H3,(H,22,23);/q;+1/p-1/t13-;/m0./s1. The van der Waals surface area contributed by atoms with E-state index >= 15 is 0 Å². The smallest absolute Gasteiger partial charge is 0.546 e. The molecule has 0 aromatic heterocycles. The summed E-state index contributed by atoms with van der Waals surface area (Å²) in [5.74, 6) is -0.917. The number of hydrogen-bond donors (Lipinski definition) is 1. The molecule has 0 amide bonds. The van der Waals surface area contributed by atoms with Crippen LogP contribution in [0.2, 0.25) is 5.02 Å². The molecule has 0 unspecified atom stereocenters. The van der Waals surface area contributed by atoms with Gasteiger partial charge in [-0.2, -0.15) is 0 Å². The monoisotopic (exact) mass is 433 g/mol. The summed E-state index contributed by atoms with van der Waals surface area (Å²) in [6, 6.07) is 12.4. The molecule has 0 radical (unpaired) electrons. The summed E-state index contributed by atoms with van der Waals surface area (Å²) in [5.41, 5.74) is -0.567. The average molecular weight is 434 g/mol. The van der Waals surface area contributed by atoms with Crippen LogP contribution in [0.5, 0.6) is 5.75 Å². The first-order valence-electron chi connectivity index (χ1n) is 8.27. The Kier molecular flexibility index (Phi) is 8.99. The van der Waals surface area contributed by atoms with Gasteiger partial charge in [-0.05, 0) is 69.2 Å². The fourth-order valence-electron chi connectivity index (χ4n) is 2.37. The SMILES string of the molecule is C[C@@H](Cc1ccc(OC(C)(C)C(=O)[O-])cc1)NS(=O)(=O)c1ccc(Cl)cc1.[Na+]. The zero-order valence-corrected chi connectivity index (χ0v) is 19.8. The summed E-state index contributed by atoms with van der Waals surface area (Å²) in [6.45, 7) is 4.57. The molecule has 0 fully saturated rings. The van der Waals surface area contributed by atoms with E-state index in [-0.39, 0.29) is 40.5 Å². The number of benzene rings is 2. The van der Waals surface area contributed by atoms with Gasteiger partial charge in [0.15, 0.2) is 0 Å². The third-order valence-electron chi connectivity index (χ3n) is 3.81. The number of rotatable bonds is 8. The van der Waals surface area contributed by atoms with Crippen LogP contribution in [-0.2, 0) is 21.2 Å². The van der Waals surface area contributed by atoms with E-state index in [9.17, 15) is 18.3 Å². The number of carbonyl (C=O) groups is 1. The average Bonchev–Trinajstić information content (AvgIpc) is 2.56. The summed E-state index contributed by atoms with van der Waals surface area (Å²) in [4.78, 5) is 11.1. The molecule has 9 heteroatoms. The molecular weight excluding hydrogens is 413 g/mol. The van der Waals surface area contributed by atoms with Crippen molar-refractivity contribution in [1.82, 2.24) is 4.72 Å². The first-order chi connectivity index (χ1) is 12.5. The molecule has 6 nitrogen and oxygen atoms in total. The fraction of sp³-hybridized carbons (Fsp3) is 0.316. The molecular formula is C19H21ClNNaO5S. The van der Waals surface area contributed by atoms with Gasteiger partial charge in [0.25, 0.3) is 0 Å². The summed E-state index contributed by atoms with van der Waals surface area (Å²) in [7, 11) is -3.64. The van der Waals surface area contributed by atoms with Crippen molar-refractivity contribution in [3.05, 3.63) is 59.1 Å². The fourth-order valence-corrected chi connectivity index (χ4v) is 3.74. The van der Waals surface area contributed by atoms with E-state index in [1.807, 2.05) is 0 Å². The largest absolute Gasteiger partial charge is 1.00 e. The number of hydrogen-bond acceptors (Lipinski definition) is 5. The van der Waals surface area contributed by atoms with Crippen molar-refractivity contribution in [2.45, 2.75) is 43.7 Å². The second-order valence-corrected chi connectivity index (χ2v) is 8.87. The third kappa shape index (κ3) is 7.06. The molecule has 0 bridgehead atoms. The van der Waals surface area contributed by atoms with Crippen LogP contribution in [0.3, 0.4) is 0 Å². The van der Waals surface area contributed by atoms with Gasteiger partial charge in [0.1, 0.15) is 11.4 Å². The Morgan fingerprint density at radius 2 is 1.68 bits per heavy atom. The van der Waals surface area contributed by atoms with Crippen LogP contribution in [0.4, 0.5) is 0 Å². The Morgan fingerprint density at radius 3 is 2.18 bits per heavy atom. The van der Waals surface area contributed by atoms with Crippen molar-refractivity contribution in [3.63, 3.8) is 0 Å². The second kappa shape index (κ2) is 10.1. The topological polar surface area (TPSA) is 95.5 Å². The molecule has 2 aromatic rings. The molecule has 146 valence electrons. The van der Waals surface area contributed by atoms with Crippen molar-refractivity contribution in [2.24, 2.45) is 0 Å². The van der Waals surface area contributed by atoms with Crippen LogP contribution < -0.4 is 44.1 Å². The van der Waals surface area contributed by atoms with Crippen LogP contribution in [0.25, 0.3) is 0 Å². The van der Waals surface area contributed by atoms with E-state index in [4.69, 9.17) is 16.3 Å².